The highest BCUT2D eigenvalue weighted by Crippen LogP contribution is 2.17. The van der Waals surface area contributed by atoms with Gasteiger partial charge in [0.15, 0.2) is 0 Å². The quantitative estimate of drug-likeness (QED) is 0.764. The monoisotopic (exact) mass is 304 g/mol. The molecule has 2 aliphatic heterocycles. The van der Waals surface area contributed by atoms with Gasteiger partial charge >= 0.3 is 0 Å². The molecule has 2 rings (SSSR count). The van der Waals surface area contributed by atoms with Crippen LogP contribution in [-0.4, -0.2) is 82.4 Å². The Morgan fingerprint density at radius 3 is 2.40 bits per heavy atom. The lowest BCUT2D eigenvalue weighted by Gasteiger charge is -2.32. The van der Waals surface area contributed by atoms with Crippen molar-refractivity contribution < 1.29 is 8.42 Å². The summed E-state index contributed by atoms with van der Waals surface area (Å²) in [7, 11) is 0.886. The van der Waals surface area contributed by atoms with Crippen LogP contribution >= 0.6 is 0 Å². The van der Waals surface area contributed by atoms with Gasteiger partial charge in [0.25, 0.3) is 10.2 Å². The molecule has 1 N–H and O–H groups in total. The van der Waals surface area contributed by atoms with Crippen LogP contribution in [0, 0.1) is 5.92 Å². The molecule has 0 aromatic carbocycles. The standard InChI is InChI=1S/C13H28N4O2S/c1-15-8-10-17(11-9-15)20(18,19)14-6-5-13-4-3-7-16(2)12-13/h13-14H,3-12H2,1-2H3. The van der Waals surface area contributed by atoms with Gasteiger partial charge in [-0.1, -0.05) is 0 Å². The highest BCUT2D eigenvalue weighted by Gasteiger charge is 2.25. The molecule has 1 unspecified atom stereocenters. The Morgan fingerprint density at radius 1 is 1.05 bits per heavy atom. The van der Waals surface area contributed by atoms with Crippen molar-refractivity contribution in [3.63, 3.8) is 0 Å². The van der Waals surface area contributed by atoms with Crippen molar-refractivity contribution in [3.8, 4) is 0 Å². The Labute approximate surface area is 123 Å². The second kappa shape index (κ2) is 7.17. The average Bonchev–Trinajstić information content (AvgIpc) is 2.39. The minimum atomic E-state index is -3.28. The number of piperazine rings is 1. The van der Waals surface area contributed by atoms with Crippen LogP contribution < -0.4 is 4.72 Å². The van der Waals surface area contributed by atoms with E-state index in [9.17, 15) is 8.42 Å². The fourth-order valence-corrected chi connectivity index (χ4v) is 4.22. The van der Waals surface area contributed by atoms with Gasteiger partial charge < -0.3 is 9.80 Å². The Hall–Kier alpha value is -0.210. The van der Waals surface area contributed by atoms with Crippen molar-refractivity contribution in [1.82, 2.24) is 18.8 Å². The number of nitrogens with zero attached hydrogens (tertiary/aromatic N) is 3. The van der Waals surface area contributed by atoms with Crippen molar-refractivity contribution in [2.45, 2.75) is 19.3 Å². The predicted octanol–water partition coefficient (Wildman–Crippen LogP) is -0.200. The lowest BCUT2D eigenvalue weighted by Crippen LogP contribution is -2.51. The van der Waals surface area contributed by atoms with E-state index < -0.39 is 10.2 Å². The smallest absolute Gasteiger partial charge is 0.279 e. The fraction of sp³-hybridized carbons (Fsp3) is 1.00. The summed E-state index contributed by atoms with van der Waals surface area (Å²) in [5.74, 6) is 0.629. The molecule has 2 heterocycles. The van der Waals surface area contributed by atoms with Crippen molar-refractivity contribution in [2.24, 2.45) is 5.92 Å². The Morgan fingerprint density at radius 2 is 1.75 bits per heavy atom. The molecular weight excluding hydrogens is 276 g/mol. The van der Waals surface area contributed by atoms with E-state index in [-0.39, 0.29) is 0 Å². The molecule has 0 aromatic rings. The van der Waals surface area contributed by atoms with Crippen LogP contribution in [-0.2, 0) is 10.2 Å². The van der Waals surface area contributed by atoms with E-state index in [2.05, 4.69) is 21.6 Å². The predicted molar refractivity (Wildman–Crippen MR) is 80.8 cm³/mol. The Bertz CT molecular complexity index is 393. The first-order chi connectivity index (χ1) is 9.47. The summed E-state index contributed by atoms with van der Waals surface area (Å²) < 4.78 is 28.7. The highest BCUT2D eigenvalue weighted by atomic mass is 32.2. The number of nitrogens with one attached hydrogen (secondary N) is 1. The van der Waals surface area contributed by atoms with Crippen LogP contribution in [0.5, 0.6) is 0 Å². The van der Waals surface area contributed by atoms with Gasteiger partial charge in [-0.05, 0) is 45.8 Å². The summed E-state index contributed by atoms with van der Waals surface area (Å²) in [6.45, 7) is 5.64. The second-order valence-electron chi connectivity index (χ2n) is 6.16. The van der Waals surface area contributed by atoms with Crippen LogP contribution in [0.1, 0.15) is 19.3 Å². The van der Waals surface area contributed by atoms with Crippen LogP contribution in [0.15, 0.2) is 0 Å². The summed E-state index contributed by atoms with van der Waals surface area (Å²) in [5.41, 5.74) is 0. The zero-order chi connectivity index (χ0) is 14.6. The van der Waals surface area contributed by atoms with Gasteiger partial charge in [0, 0.05) is 39.3 Å². The van der Waals surface area contributed by atoms with E-state index in [0.717, 1.165) is 26.1 Å². The second-order valence-corrected chi connectivity index (χ2v) is 7.92. The van der Waals surface area contributed by atoms with Crippen LogP contribution in [0.25, 0.3) is 0 Å². The van der Waals surface area contributed by atoms with Gasteiger partial charge in [-0.2, -0.15) is 12.7 Å². The molecule has 0 bridgehead atoms. The molecule has 118 valence electrons. The van der Waals surface area contributed by atoms with Gasteiger partial charge in [-0.25, -0.2) is 4.72 Å². The molecule has 1 atom stereocenters. The molecule has 2 aliphatic rings. The van der Waals surface area contributed by atoms with E-state index in [0.29, 0.717) is 25.6 Å². The third-order valence-electron chi connectivity index (χ3n) is 4.36. The number of piperidine rings is 1. The molecular formula is C13H28N4O2S. The number of likely N-dealkylation sites (tertiary alicyclic amines) is 1. The molecule has 7 heteroatoms. The maximum absolute atomic E-state index is 12.2. The molecule has 0 saturated carbocycles. The van der Waals surface area contributed by atoms with E-state index in [1.807, 2.05) is 7.05 Å². The minimum Gasteiger partial charge on any atom is -0.306 e. The lowest BCUT2D eigenvalue weighted by molar-refractivity contribution is 0.202. The van der Waals surface area contributed by atoms with E-state index in [1.54, 1.807) is 4.31 Å². The first kappa shape index (κ1) is 16.2. The first-order valence-corrected chi connectivity index (χ1v) is 9.03. The SMILES string of the molecule is CN1CCN(S(=O)(=O)NCCC2CCCN(C)C2)CC1. The van der Waals surface area contributed by atoms with Crippen molar-refractivity contribution in [1.29, 1.82) is 0 Å². The number of hydrogen-bond donors (Lipinski definition) is 1. The maximum Gasteiger partial charge on any atom is 0.279 e. The maximum atomic E-state index is 12.2. The molecule has 20 heavy (non-hydrogen) atoms. The largest absolute Gasteiger partial charge is 0.306 e. The fourth-order valence-electron chi connectivity index (χ4n) is 3.02. The molecule has 0 amide bonds. The van der Waals surface area contributed by atoms with Gasteiger partial charge in [0.2, 0.25) is 0 Å². The van der Waals surface area contributed by atoms with Crippen molar-refractivity contribution in [2.75, 3.05) is 59.9 Å². The summed E-state index contributed by atoms with van der Waals surface area (Å²) >= 11 is 0. The van der Waals surface area contributed by atoms with Gasteiger partial charge in [0.1, 0.15) is 0 Å². The Kier molecular flexibility index (Phi) is 5.80. The zero-order valence-corrected chi connectivity index (χ0v) is 13.5. The van der Waals surface area contributed by atoms with Gasteiger partial charge in [-0.15, -0.1) is 0 Å². The van der Waals surface area contributed by atoms with Crippen molar-refractivity contribution in [3.05, 3.63) is 0 Å². The van der Waals surface area contributed by atoms with Crippen LogP contribution in [0.2, 0.25) is 0 Å². The summed E-state index contributed by atoms with van der Waals surface area (Å²) in [6, 6.07) is 0. The molecule has 0 aliphatic carbocycles. The topological polar surface area (TPSA) is 55.9 Å². The van der Waals surface area contributed by atoms with E-state index >= 15 is 0 Å². The molecule has 0 aromatic heterocycles. The van der Waals surface area contributed by atoms with E-state index in [1.165, 1.54) is 19.4 Å². The molecule has 0 radical (unpaired) electrons. The van der Waals surface area contributed by atoms with E-state index in [4.69, 9.17) is 0 Å². The third-order valence-corrected chi connectivity index (χ3v) is 5.98. The Balaban J connectivity index is 1.72. The highest BCUT2D eigenvalue weighted by molar-refractivity contribution is 7.87. The van der Waals surface area contributed by atoms with Crippen LogP contribution in [0.3, 0.4) is 0 Å². The summed E-state index contributed by atoms with van der Waals surface area (Å²) in [5, 5.41) is 0. The number of rotatable bonds is 5. The number of hydrogen-bond acceptors (Lipinski definition) is 4. The first-order valence-electron chi connectivity index (χ1n) is 7.59. The molecule has 2 fully saturated rings. The van der Waals surface area contributed by atoms with Gasteiger partial charge in [-0.3, -0.25) is 0 Å². The summed E-state index contributed by atoms with van der Waals surface area (Å²) in [4.78, 5) is 4.49. The zero-order valence-electron chi connectivity index (χ0n) is 12.7. The molecule has 0 spiro atoms. The van der Waals surface area contributed by atoms with Gasteiger partial charge in [0.05, 0.1) is 0 Å². The van der Waals surface area contributed by atoms with Crippen molar-refractivity contribution >= 4 is 10.2 Å². The normalized spacial score (nSPS) is 27.8. The molecule has 6 nitrogen and oxygen atoms in total. The third kappa shape index (κ3) is 4.66. The average molecular weight is 304 g/mol. The van der Waals surface area contributed by atoms with Crippen LogP contribution in [0.4, 0.5) is 0 Å². The summed E-state index contributed by atoms with van der Waals surface area (Å²) in [6.07, 6.45) is 3.39. The molecule has 2 saturated heterocycles. The lowest BCUT2D eigenvalue weighted by atomic mass is 9.95. The minimum absolute atomic E-state index is 0.563. The number of likely N-dealkylation sites (N-methyl/N-ethyl adjacent to an activating group) is 1.